The number of halogens is 1. The number of benzene rings is 1. The van der Waals surface area contributed by atoms with Crippen LogP contribution in [0.4, 0.5) is 4.39 Å². The number of nitrogens with zero attached hydrogens (tertiary/aromatic N) is 2. The Labute approximate surface area is 145 Å². The second-order valence-electron chi connectivity index (χ2n) is 6.94. The highest BCUT2D eigenvalue weighted by Gasteiger charge is 2.44. The Morgan fingerprint density at radius 3 is 2.60 bits per heavy atom. The van der Waals surface area contributed by atoms with Gasteiger partial charge in [0.15, 0.2) is 15.5 Å². The number of carbonyl (C=O) groups is 1. The molecule has 1 amide bonds. The first-order valence-corrected chi connectivity index (χ1v) is 10.2. The first-order valence-electron chi connectivity index (χ1n) is 8.62. The number of hydrogen-bond donors (Lipinski definition) is 1. The minimum Gasteiger partial charge on any atom is -0.334 e. The predicted molar refractivity (Wildman–Crippen MR) is 91.5 cm³/mol. The van der Waals surface area contributed by atoms with Crippen LogP contribution >= 0.6 is 0 Å². The van der Waals surface area contributed by atoms with Gasteiger partial charge in [-0.05, 0) is 31.0 Å². The van der Waals surface area contributed by atoms with Crippen molar-refractivity contribution < 1.29 is 17.6 Å². The zero-order valence-corrected chi connectivity index (χ0v) is 14.6. The normalized spacial score (nSPS) is 20.0. The summed E-state index contributed by atoms with van der Waals surface area (Å²) in [5.74, 6) is -0.717. The van der Waals surface area contributed by atoms with Crippen LogP contribution in [0.25, 0.3) is 10.9 Å². The molecule has 2 aliphatic rings. The van der Waals surface area contributed by atoms with E-state index in [-0.39, 0.29) is 29.9 Å². The van der Waals surface area contributed by atoms with Crippen molar-refractivity contribution >= 4 is 26.6 Å². The number of fused-ring (bicyclic) bond motifs is 1. The van der Waals surface area contributed by atoms with Crippen molar-refractivity contribution in [1.29, 1.82) is 0 Å². The van der Waals surface area contributed by atoms with Crippen LogP contribution in [0.1, 0.15) is 42.6 Å². The van der Waals surface area contributed by atoms with Gasteiger partial charge in [-0.1, -0.05) is 19.3 Å². The van der Waals surface area contributed by atoms with E-state index in [0.717, 1.165) is 32.1 Å². The summed E-state index contributed by atoms with van der Waals surface area (Å²) in [6, 6.07) is 4.07. The van der Waals surface area contributed by atoms with Crippen molar-refractivity contribution in [3.8, 4) is 0 Å². The highest BCUT2D eigenvalue weighted by molar-refractivity contribution is 7.92. The molecule has 2 fully saturated rings. The zero-order chi connectivity index (χ0) is 17.6. The molecular formula is C17H20FN3O3S. The number of carbonyl (C=O) groups excluding carboxylic acids is 1. The standard InChI is InChI=1S/C17H20FN3O3S/c18-11-6-7-14-15(8-11)19-20-16(14)17(22)21-9-13(10-21)25(23,24)12-4-2-1-3-5-12/h6-8,12-13H,1-5,9-10H2,(H,19,20). The smallest absolute Gasteiger partial charge is 0.275 e. The maximum atomic E-state index is 13.2. The van der Waals surface area contributed by atoms with Gasteiger partial charge in [-0.2, -0.15) is 5.10 Å². The number of H-pyrrole nitrogens is 1. The molecule has 2 aromatic rings. The lowest BCUT2D eigenvalue weighted by atomic mass is 10.0. The van der Waals surface area contributed by atoms with Crippen LogP contribution in [0.5, 0.6) is 0 Å². The fourth-order valence-electron chi connectivity index (χ4n) is 3.78. The van der Waals surface area contributed by atoms with Crippen molar-refractivity contribution in [2.75, 3.05) is 13.1 Å². The van der Waals surface area contributed by atoms with E-state index in [4.69, 9.17) is 0 Å². The van der Waals surface area contributed by atoms with Crippen LogP contribution in [0.15, 0.2) is 18.2 Å². The number of likely N-dealkylation sites (tertiary alicyclic amines) is 1. The van der Waals surface area contributed by atoms with E-state index in [0.29, 0.717) is 10.9 Å². The van der Waals surface area contributed by atoms with Gasteiger partial charge in [-0.25, -0.2) is 12.8 Å². The van der Waals surface area contributed by atoms with Gasteiger partial charge >= 0.3 is 0 Å². The molecule has 0 spiro atoms. The number of amides is 1. The van der Waals surface area contributed by atoms with Gasteiger partial charge < -0.3 is 4.90 Å². The molecule has 1 aliphatic carbocycles. The molecule has 0 atom stereocenters. The highest BCUT2D eigenvalue weighted by atomic mass is 32.2. The molecule has 1 saturated heterocycles. The van der Waals surface area contributed by atoms with Gasteiger partial charge in [0.1, 0.15) is 5.82 Å². The molecule has 6 nitrogen and oxygen atoms in total. The summed E-state index contributed by atoms with van der Waals surface area (Å²) < 4.78 is 38.6. The molecule has 1 aliphatic heterocycles. The van der Waals surface area contributed by atoms with Gasteiger partial charge in [-0.3, -0.25) is 9.89 Å². The first-order chi connectivity index (χ1) is 12.0. The van der Waals surface area contributed by atoms with E-state index in [1.165, 1.54) is 23.1 Å². The van der Waals surface area contributed by atoms with Gasteiger partial charge in [0.25, 0.3) is 5.91 Å². The fraction of sp³-hybridized carbons (Fsp3) is 0.529. The van der Waals surface area contributed by atoms with E-state index in [1.807, 2.05) is 0 Å². The molecule has 1 N–H and O–H groups in total. The molecule has 25 heavy (non-hydrogen) atoms. The van der Waals surface area contributed by atoms with Crippen LogP contribution in [0.3, 0.4) is 0 Å². The van der Waals surface area contributed by atoms with Crippen molar-refractivity contribution in [3.63, 3.8) is 0 Å². The summed E-state index contributed by atoms with van der Waals surface area (Å²) in [6.07, 6.45) is 4.52. The predicted octanol–water partition coefficient (Wildman–Crippen LogP) is 2.27. The van der Waals surface area contributed by atoms with Gasteiger partial charge in [-0.15, -0.1) is 0 Å². The lowest BCUT2D eigenvalue weighted by molar-refractivity contribution is 0.0654. The van der Waals surface area contributed by atoms with Gasteiger partial charge in [0.05, 0.1) is 16.0 Å². The number of aromatic amines is 1. The monoisotopic (exact) mass is 365 g/mol. The van der Waals surface area contributed by atoms with Crippen molar-refractivity contribution in [3.05, 3.63) is 29.7 Å². The third-order valence-electron chi connectivity index (χ3n) is 5.34. The highest BCUT2D eigenvalue weighted by Crippen LogP contribution is 2.30. The third-order valence-corrected chi connectivity index (χ3v) is 7.97. The molecule has 4 rings (SSSR count). The summed E-state index contributed by atoms with van der Waals surface area (Å²) >= 11 is 0. The second-order valence-corrected chi connectivity index (χ2v) is 9.45. The Hall–Kier alpha value is -1.96. The number of rotatable bonds is 3. The molecule has 0 bridgehead atoms. The van der Waals surface area contributed by atoms with Crippen molar-refractivity contribution in [1.82, 2.24) is 15.1 Å². The SMILES string of the molecule is O=C(c1n[nH]c2cc(F)ccc12)N1CC(S(=O)(=O)C2CCCCC2)C1. The van der Waals surface area contributed by atoms with Crippen LogP contribution in [-0.4, -0.2) is 53.0 Å². The van der Waals surface area contributed by atoms with Crippen molar-refractivity contribution in [2.24, 2.45) is 0 Å². The Bertz CT molecular complexity index is 912. The van der Waals surface area contributed by atoms with Crippen LogP contribution < -0.4 is 0 Å². The minimum atomic E-state index is -3.18. The van der Waals surface area contributed by atoms with E-state index >= 15 is 0 Å². The Kier molecular flexibility index (Phi) is 4.02. The number of sulfone groups is 1. The topological polar surface area (TPSA) is 83.1 Å². The molecule has 1 aromatic heterocycles. The zero-order valence-electron chi connectivity index (χ0n) is 13.7. The Morgan fingerprint density at radius 2 is 1.88 bits per heavy atom. The number of aromatic nitrogens is 2. The molecule has 134 valence electrons. The lowest BCUT2D eigenvalue weighted by Crippen LogP contribution is -2.58. The number of nitrogens with one attached hydrogen (secondary N) is 1. The van der Waals surface area contributed by atoms with Crippen LogP contribution in [0, 0.1) is 5.82 Å². The number of hydrogen-bond acceptors (Lipinski definition) is 4. The summed E-state index contributed by atoms with van der Waals surface area (Å²) in [7, 11) is -3.18. The molecular weight excluding hydrogens is 345 g/mol. The summed E-state index contributed by atoms with van der Waals surface area (Å²) in [5.41, 5.74) is 0.666. The Morgan fingerprint density at radius 1 is 1.16 bits per heavy atom. The second kappa shape index (κ2) is 6.09. The average molecular weight is 365 g/mol. The molecule has 0 unspecified atom stereocenters. The molecule has 8 heteroatoms. The summed E-state index contributed by atoms with van der Waals surface area (Å²) in [5, 5.41) is 6.46. The largest absolute Gasteiger partial charge is 0.334 e. The lowest BCUT2D eigenvalue weighted by Gasteiger charge is -2.40. The quantitative estimate of drug-likeness (QED) is 0.904. The van der Waals surface area contributed by atoms with Crippen molar-refractivity contribution in [2.45, 2.75) is 42.6 Å². The maximum absolute atomic E-state index is 13.2. The van der Waals surface area contributed by atoms with E-state index in [2.05, 4.69) is 10.2 Å². The van der Waals surface area contributed by atoms with Crippen LogP contribution in [-0.2, 0) is 9.84 Å². The summed E-state index contributed by atoms with van der Waals surface area (Å²) in [6.45, 7) is 0.431. The molecule has 0 radical (unpaired) electrons. The maximum Gasteiger partial charge on any atom is 0.275 e. The Balaban J connectivity index is 1.47. The van der Waals surface area contributed by atoms with Gasteiger partial charge in [0, 0.05) is 18.5 Å². The van der Waals surface area contributed by atoms with Crippen LogP contribution in [0.2, 0.25) is 0 Å². The molecule has 1 aromatic carbocycles. The van der Waals surface area contributed by atoms with Gasteiger partial charge in [0.2, 0.25) is 0 Å². The summed E-state index contributed by atoms with van der Waals surface area (Å²) in [4.78, 5) is 14.1. The fourth-order valence-corrected chi connectivity index (χ4v) is 6.09. The third kappa shape index (κ3) is 2.82. The first kappa shape index (κ1) is 16.5. The molecule has 1 saturated carbocycles. The van der Waals surface area contributed by atoms with E-state index < -0.39 is 20.9 Å². The minimum absolute atomic E-state index is 0.212. The van der Waals surface area contributed by atoms with E-state index in [9.17, 15) is 17.6 Å². The van der Waals surface area contributed by atoms with E-state index in [1.54, 1.807) is 0 Å². The average Bonchev–Trinajstić information content (AvgIpc) is 2.97. The molecule has 2 heterocycles.